The summed E-state index contributed by atoms with van der Waals surface area (Å²) in [6.45, 7) is 7.78. The first-order chi connectivity index (χ1) is 13.8. The van der Waals surface area contributed by atoms with Gasteiger partial charge in [-0.2, -0.15) is 4.31 Å². The molecule has 158 valence electrons. The Bertz CT molecular complexity index is 946. The van der Waals surface area contributed by atoms with Gasteiger partial charge in [0.25, 0.3) is 0 Å². The highest BCUT2D eigenvalue weighted by Crippen LogP contribution is 2.16. The Morgan fingerprint density at radius 2 is 1.79 bits per heavy atom. The van der Waals surface area contributed by atoms with Crippen LogP contribution in [0, 0.1) is 13.8 Å². The largest absolute Gasteiger partial charge is 0.383 e. The number of methoxy groups -OCH3 is 1. The minimum Gasteiger partial charge on any atom is -0.383 e. The Balaban J connectivity index is 1.61. The van der Waals surface area contributed by atoms with E-state index in [9.17, 15) is 13.2 Å². The van der Waals surface area contributed by atoms with Crippen LogP contribution in [0.4, 0.5) is 0 Å². The van der Waals surface area contributed by atoms with Crippen molar-refractivity contribution in [2.24, 2.45) is 0 Å². The van der Waals surface area contributed by atoms with Gasteiger partial charge < -0.3 is 14.2 Å². The third-order valence-electron chi connectivity index (χ3n) is 5.61. The number of Topliss-reactive ketones (excluding diaryl/α,β-unsaturated/α-hetero) is 1. The van der Waals surface area contributed by atoms with E-state index in [1.807, 2.05) is 19.9 Å². The van der Waals surface area contributed by atoms with Crippen LogP contribution in [0.2, 0.25) is 0 Å². The Hall–Kier alpha value is -2.00. The molecule has 1 fully saturated rings. The third kappa shape index (κ3) is 4.78. The summed E-state index contributed by atoms with van der Waals surface area (Å²) in [5.74, 6) is 0.108. The van der Waals surface area contributed by atoms with Gasteiger partial charge >= 0.3 is 0 Å². The lowest BCUT2D eigenvalue weighted by atomic mass is 10.1. The molecular weight excluding hydrogens is 390 g/mol. The van der Waals surface area contributed by atoms with Crippen LogP contribution in [0.3, 0.4) is 0 Å². The number of carbonyl (C=O) groups excluding carboxylic acids is 1. The zero-order valence-corrected chi connectivity index (χ0v) is 18.2. The molecule has 2 heterocycles. The summed E-state index contributed by atoms with van der Waals surface area (Å²) >= 11 is 0. The lowest BCUT2D eigenvalue weighted by Crippen LogP contribution is -3.15. The summed E-state index contributed by atoms with van der Waals surface area (Å²) in [6.07, 6.45) is 0. The summed E-state index contributed by atoms with van der Waals surface area (Å²) < 4.78 is 34.3. The van der Waals surface area contributed by atoms with Crippen molar-refractivity contribution >= 4 is 15.8 Å². The van der Waals surface area contributed by atoms with Crippen molar-refractivity contribution in [3.05, 3.63) is 53.3 Å². The van der Waals surface area contributed by atoms with Gasteiger partial charge in [0.1, 0.15) is 6.54 Å². The van der Waals surface area contributed by atoms with Crippen LogP contribution in [0.5, 0.6) is 0 Å². The van der Waals surface area contributed by atoms with Crippen molar-refractivity contribution in [2.45, 2.75) is 25.3 Å². The van der Waals surface area contributed by atoms with Crippen LogP contribution in [0.15, 0.2) is 41.3 Å². The Morgan fingerprint density at radius 3 is 2.41 bits per heavy atom. The van der Waals surface area contributed by atoms with Gasteiger partial charge in [-0.1, -0.05) is 18.2 Å². The standard InChI is InChI=1S/C21H29N3O4S/c1-17-15-20(18(2)24(17)13-14-28-3)21(25)16-22-9-11-23(12-10-22)29(26,27)19-7-5-4-6-8-19/h4-8,15H,9-14,16H2,1-3H3/p+1. The van der Waals surface area contributed by atoms with E-state index in [1.54, 1.807) is 37.4 Å². The molecule has 0 aliphatic carbocycles. The van der Waals surface area contributed by atoms with E-state index in [-0.39, 0.29) is 5.78 Å². The lowest BCUT2D eigenvalue weighted by molar-refractivity contribution is -0.895. The summed E-state index contributed by atoms with van der Waals surface area (Å²) in [5.41, 5.74) is 2.77. The molecule has 2 aromatic rings. The fourth-order valence-electron chi connectivity index (χ4n) is 3.89. The van der Waals surface area contributed by atoms with E-state index in [1.165, 1.54) is 4.31 Å². The van der Waals surface area contributed by atoms with E-state index in [0.29, 0.717) is 44.2 Å². The number of carbonyl (C=O) groups is 1. The number of piperazine rings is 1. The second kappa shape index (κ2) is 9.21. The second-order valence-electron chi connectivity index (χ2n) is 7.50. The molecule has 0 unspecified atom stereocenters. The number of rotatable bonds is 8. The number of nitrogens with one attached hydrogen (secondary N) is 1. The van der Waals surface area contributed by atoms with Gasteiger partial charge in [-0.05, 0) is 32.0 Å². The minimum absolute atomic E-state index is 0.108. The number of ketones is 1. The van der Waals surface area contributed by atoms with Gasteiger partial charge in [0.05, 0.1) is 37.7 Å². The molecule has 1 aromatic carbocycles. The fourth-order valence-corrected chi connectivity index (χ4v) is 5.36. The van der Waals surface area contributed by atoms with E-state index < -0.39 is 10.0 Å². The Labute approximate surface area is 172 Å². The molecule has 0 spiro atoms. The average Bonchev–Trinajstić information content (AvgIpc) is 3.01. The number of quaternary nitrogens is 1. The quantitative estimate of drug-likeness (QED) is 0.632. The SMILES string of the molecule is COCCn1c(C)cc(C(=O)C[NH+]2CCN(S(=O)(=O)c3ccccc3)CC2)c1C. The average molecular weight is 421 g/mol. The maximum atomic E-state index is 12.9. The number of nitrogens with zero attached hydrogens (tertiary/aromatic N) is 2. The Kier molecular flexibility index (Phi) is 6.89. The molecule has 1 aliphatic rings. The highest BCUT2D eigenvalue weighted by Gasteiger charge is 2.31. The molecule has 0 amide bonds. The smallest absolute Gasteiger partial charge is 0.243 e. The zero-order valence-electron chi connectivity index (χ0n) is 17.3. The van der Waals surface area contributed by atoms with Crippen molar-refractivity contribution < 1.29 is 22.8 Å². The van der Waals surface area contributed by atoms with Gasteiger partial charge in [0.2, 0.25) is 15.8 Å². The van der Waals surface area contributed by atoms with Crippen molar-refractivity contribution in [1.29, 1.82) is 0 Å². The summed E-state index contributed by atoms with van der Waals surface area (Å²) in [7, 11) is -1.80. The predicted octanol–water partition coefficient (Wildman–Crippen LogP) is 0.523. The van der Waals surface area contributed by atoms with Crippen LogP contribution < -0.4 is 4.90 Å². The number of hydrogen-bond donors (Lipinski definition) is 1. The molecule has 1 aliphatic heterocycles. The normalized spacial score (nSPS) is 16.2. The summed E-state index contributed by atoms with van der Waals surface area (Å²) in [6, 6.07) is 10.5. The summed E-state index contributed by atoms with van der Waals surface area (Å²) in [4.78, 5) is 14.3. The van der Waals surface area contributed by atoms with Crippen LogP contribution in [0.25, 0.3) is 0 Å². The van der Waals surface area contributed by atoms with Crippen molar-refractivity contribution in [3.63, 3.8) is 0 Å². The topological polar surface area (TPSA) is 73.1 Å². The maximum Gasteiger partial charge on any atom is 0.243 e. The number of aryl methyl sites for hydroxylation is 1. The maximum absolute atomic E-state index is 12.9. The van der Waals surface area contributed by atoms with Crippen LogP contribution >= 0.6 is 0 Å². The molecular formula is C21H30N3O4S+. The molecule has 0 atom stereocenters. The number of ether oxygens (including phenoxy) is 1. The first-order valence-corrected chi connectivity index (χ1v) is 11.4. The molecule has 0 radical (unpaired) electrons. The highest BCUT2D eigenvalue weighted by molar-refractivity contribution is 7.89. The molecule has 0 saturated carbocycles. The van der Waals surface area contributed by atoms with Crippen molar-refractivity contribution in [1.82, 2.24) is 8.87 Å². The molecule has 29 heavy (non-hydrogen) atoms. The molecule has 1 aromatic heterocycles. The molecule has 3 rings (SSSR count). The van der Waals surface area contributed by atoms with Gasteiger partial charge in [0, 0.05) is 30.6 Å². The van der Waals surface area contributed by atoms with Crippen molar-refractivity contribution in [3.8, 4) is 0 Å². The molecule has 1 saturated heterocycles. The predicted molar refractivity (Wildman–Crippen MR) is 111 cm³/mol. The van der Waals surface area contributed by atoms with Crippen LogP contribution in [0.1, 0.15) is 21.7 Å². The van der Waals surface area contributed by atoms with E-state index >= 15 is 0 Å². The minimum atomic E-state index is -3.46. The summed E-state index contributed by atoms with van der Waals surface area (Å²) in [5, 5.41) is 0. The van der Waals surface area contributed by atoms with E-state index in [0.717, 1.165) is 28.4 Å². The van der Waals surface area contributed by atoms with Gasteiger partial charge in [-0.25, -0.2) is 8.42 Å². The van der Waals surface area contributed by atoms with Crippen LogP contribution in [-0.4, -0.2) is 69.5 Å². The van der Waals surface area contributed by atoms with Gasteiger partial charge in [-0.15, -0.1) is 0 Å². The lowest BCUT2D eigenvalue weighted by Gasteiger charge is -2.31. The van der Waals surface area contributed by atoms with Gasteiger partial charge in [-0.3, -0.25) is 4.79 Å². The molecule has 0 bridgehead atoms. The second-order valence-corrected chi connectivity index (χ2v) is 9.43. The first-order valence-electron chi connectivity index (χ1n) is 9.92. The first kappa shape index (κ1) is 21.7. The van der Waals surface area contributed by atoms with E-state index in [2.05, 4.69) is 4.57 Å². The zero-order chi connectivity index (χ0) is 21.0. The van der Waals surface area contributed by atoms with E-state index in [4.69, 9.17) is 4.74 Å². The van der Waals surface area contributed by atoms with Crippen molar-refractivity contribution in [2.75, 3.05) is 46.4 Å². The number of sulfonamides is 1. The van der Waals surface area contributed by atoms with Gasteiger partial charge in [0.15, 0.2) is 0 Å². The molecule has 7 nitrogen and oxygen atoms in total. The van der Waals surface area contributed by atoms with Crippen LogP contribution in [-0.2, 0) is 21.3 Å². The molecule has 1 N–H and O–H groups in total. The Morgan fingerprint density at radius 1 is 1.14 bits per heavy atom. The third-order valence-corrected chi connectivity index (χ3v) is 7.53. The monoisotopic (exact) mass is 420 g/mol. The fraction of sp³-hybridized carbons (Fsp3) is 0.476. The number of benzene rings is 1. The molecule has 8 heteroatoms. The number of hydrogen-bond acceptors (Lipinski definition) is 4. The number of aromatic nitrogens is 1. The highest BCUT2D eigenvalue weighted by atomic mass is 32.2.